The first-order valence-corrected chi connectivity index (χ1v) is 11.7. The largest absolute Gasteiger partial charge is 0.469 e. The first kappa shape index (κ1) is 23.3. The van der Waals surface area contributed by atoms with E-state index in [0.29, 0.717) is 42.1 Å². The number of ether oxygens (including phenoxy) is 1. The van der Waals surface area contributed by atoms with Gasteiger partial charge in [0.25, 0.3) is 0 Å². The number of nitrogens with zero attached hydrogens (tertiary/aromatic N) is 4. The number of hydrogen-bond donors (Lipinski definition) is 0. The lowest BCUT2D eigenvalue weighted by molar-refractivity contribution is -0.140. The molecule has 0 bridgehead atoms. The molecular formula is C25H29ClN4O3. The van der Waals surface area contributed by atoms with Gasteiger partial charge in [-0.1, -0.05) is 23.7 Å². The van der Waals surface area contributed by atoms with Crippen LogP contribution in [0.15, 0.2) is 47.5 Å². The summed E-state index contributed by atoms with van der Waals surface area (Å²) in [5.41, 5.74) is 3.14. The highest BCUT2D eigenvalue weighted by Crippen LogP contribution is 2.42. The lowest BCUT2D eigenvalue weighted by Gasteiger charge is -2.35. The van der Waals surface area contributed by atoms with Gasteiger partial charge in [-0.2, -0.15) is 0 Å². The van der Waals surface area contributed by atoms with Gasteiger partial charge in [-0.15, -0.1) is 0 Å². The normalized spacial score (nSPS) is 15.9. The van der Waals surface area contributed by atoms with Crippen LogP contribution in [0.2, 0.25) is 5.02 Å². The molecule has 0 atom stereocenters. The van der Waals surface area contributed by atoms with Gasteiger partial charge in [0.2, 0.25) is 5.91 Å². The van der Waals surface area contributed by atoms with Crippen LogP contribution in [0, 0.1) is 0 Å². The maximum atomic E-state index is 13.5. The first-order valence-electron chi connectivity index (χ1n) is 11.3. The highest BCUT2D eigenvalue weighted by molar-refractivity contribution is 6.31. The average Bonchev–Trinajstić information content (AvgIpc) is 2.96. The molecule has 174 valence electrons. The highest BCUT2D eigenvalue weighted by Gasteiger charge is 2.30. The highest BCUT2D eigenvalue weighted by atomic mass is 35.5. The number of methoxy groups -OCH3 is 1. The van der Waals surface area contributed by atoms with E-state index in [9.17, 15) is 9.59 Å². The van der Waals surface area contributed by atoms with Gasteiger partial charge in [0.15, 0.2) is 0 Å². The fourth-order valence-electron chi connectivity index (χ4n) is 4.22. The van der Waals surface area contributed by atoms with E-state index in [1.807, 2.05) is 36.4 Å². The zero-order chi connectivity index (χ0) is 23.4. The van der Waals surface area contributed by atoms with E-state index < -0.39 is 0 Å². The molecule has 0 spiro atoms. The molecule has 2 aliphatic rings. The first-order chi connectivity index (χ1) is 16.0. The number of likely N-dealkylation sites (N-methyl/N-ethyl adjacent to an activating group) is 1. The third kappa shape index (κ3) is 5.20. The summed E-state index contributed by atoms with van der Waals surface area (Å²) in [6, 6.07) is 13.4. The van der Waals surface area contributed by atoms with Crippen LogP contribution in [-0.2, 0) is 14.3 Å². The Kier molecular flexibility index (Phi) is 7.30. The minimum Gasteiger partial charge on any atom is -0.469 e. The summed E-state index contributed by atoms with van der Waals surface area (Å²) in [5, 5.41) is 0.576. The Balaban J connectivity index is 1.70. The Morgan fingerprint density at radius 1 is 1.00 bits per heavy atom. The molecule has 4 rings (SSSR count). The Morgan fingerprint density at radius 2 is 1.73 bits per heavy atom. The summed E-state index contributed by atoms with van der Waals surface area (Å²) in [5.74, 6) is 0.571. The van der Waals surface area contributed by atoms with Crippen molar-refractivity contribution in [1.29, 1.82) is 0 Å². The minimum absolute atomic E-state index is 0.0364. The van der Waals surface area contributed by atoms with Gasteiger partial charge >= 0.3 is 5.97 Å². The van der Waals surface area contributed by atoms with Crippen LogP contribution in [0.1, 0.15) is 31.2 Å². The van der Waals surface area contributed by atoms with Crippen LogP contribution in [0.25, 0.3) is 0 Å². The van der Waals surface area contributed by atoms with Crippen molar-refractivity contribution in [1.82, 2.24) is 9.80 Å². The maximum Gasteiger partial charge on any atom is 0.305 e. The van der Waals surface area contributed by atoms with Crippen molar-refractivity contribution in [3.8, 4) is 0 Å². The number of carbonyl (C=O) groups excluding carboxylic acids is 2. The van der Waals surface area contributed by atoms with Crippen molar-refractivity contribution in [3.63, 3.8) is 0 Å². The number of hydrogen-bond acceptors (Lipinski definition) is 6. The van der Waals surface area contributed by atoms with E-state index >= 15 is 0 Å². The predicted octanol–water partition coefficient (Wildman–Crippen LogP) is 4.38. The molecule has 2 aromatic carbocycles. The molecular weight excluding hydrogens is 440 g/mol. The minimum atomic E-state index is -0.257. The number of piperazine rings is 1. The number of aliphatic imine (C=N–C) groups is 1. The number of amidine groups is 1. The topological polar surface area (TPSA) is 65.5 Å². The van der Waals surface area contributed by atoms with Crippen molar-refractivity contribution in [2.24, 2.45) is 4.99 Å². The monoisotopic (exact) mass is 468 g/mol. The molecule has 0 saturated carbocycles. The van der Waals surface area contributed by atoms with Crippen molar-refractivity contribution >= 4 is 46.4 Å². The van der Waals surface area contributed by atoms with Crippen LogP contribution < -0.4 is 4.90 Å². The maximum absolute atomic E-state index is 13.5. The molecule has 33 heavy (non-hydrogen) atoms. The molecule has 7 nitrogen and oxygen atoms in total. The second kappa shape index (κ2) is 10.4. The van der Waals surface area contributed by atoms with Gasteiger partial charge in [0, 0.05) is 49.6 Å². The van der Waals surface area contributed by atoms with Gasteiger partial charge in [0.1, 0.15) is 5.84 Å². The zero-order valence-corrected chi connectivity index (χ0v) is 19.8. The van der Waals surface area contributed by atoms with E-state index in [4.69, 9.17) is 21.3 Å². The summed E-state index contributed by atoms with van der Waals surface area (Å²) in [6.07, 6.45) is 1.83. The van der Waals surface area contributed by atoms with E-state index in [-0.39, 0.29) is 11.9 Å². The number of carbonyl (C=O) groups is 2. The van der Waals surface area contributed by atoms with E-state index in [1.165, 1.54) is 7.11 Å². The average molecular weight is 469 g/mol. The molecule has 1 fully saturated rings. The van der Waals surface area contributed by atoms with E-state index in [1.54, 1.807) is 11.0 Å². The molecule has 0 unspecified atom stereocenters. The molecule has 2 aromatic rings. The van der Waals surface area contributed by atoms with Crippen LogP contribution >= 0.6 is 11.6 Å². The van der Waals surface area contributed by atoms with Gasteiger partial charge in [-0.05, 0) is 50.2 Å². The van der Waals surface area contributed by atoms with Crippen molar-refractivity contribution in [3.05, 3.63) is 53.1 Å². The van der Waals surface area contributed by atoms with Crippen LogP contribution in [0.3, 0.4) is 0 Å². The van der Waals surface area contributed by atoms with Crippen LogP contribution in [-0.4, -0.2) is 67.8 Å². The van der Waals surface area contributed by atoms with Crippen LogP contribution in [0.4, 0.5) is 17.1 Å². The lowest BCUT2D eigenvalue weighted by Crippen LogP contribution is -2.47. The van der Waals surface area contributed by atoms with E-state index in [0.717, 1.165) is 43.3 Å². The number of para-hydroxylation sites is 1. The number of amides is 1. The molecule has 8 heteroatoms. The van der Waals surface area contributed by atoms with Crippen molar-refractivity contribution in [2.45, 2.75) is 25.7 Å². The SMILES string of the molecule is COC(=O)CCCCC(=O)N1c2ccc(Cl)cc2N=C(N2CCN(C)CC2)c2ccccc21. The predicted molar refractivity (Wildman–Crippen MR) is 131 cm³/mol. The Hall–Kier alpha value is -2.90. The summed E-state index contributed by atoms with van der Waals surface area (Å²) >= 11 is 6.33. The number of fused-ring (bicyclic) bond motifs is 2. The summed E-state index contributed by atoms with van der Waals surface area (Å²) < 4.78 is 4.70. The number of rotatable bonds is 5. The lowest BCUT2D eigenvalue weighted by atomic mass is 10.1. The van der Waals surface area contributed by atoms with Crippen molar-refractivity contribution in [2.75, 3.05) is 45.2 Å². The molecule has 0 aromatic heterocycles. The molecule has 1 amide bonds. The number of benzene rings is 2. The third-order valence-corrected chi connectivity index (χ3v) is 6.33. The third-order valence-electron chi connectivity index (χ3n) is 6.09. The molecule has 1 saturated heterocycles. The molecule has 0 radical (unpaired) electrons. The number of unbranched alkanes of at least 4 members (excludes halogenated alkanes) is 1. The standard InChI is InChI=1S/C25H29ClN4O3/c1-28-13-15-29(16-14-28)25-19-7-3-4-8-21(19)30(22-12-11-18(26)17-20(22)27-25)23(31)9-5-6-10-24(32)33-2/h3-4,7-8,11-12,17H,5-6,9-10,13-16H2,1-2H3. The second-order valence-electron chi connectivity index (χ2n) is 8.39. The fraction of sp³-hybridized carbons (Fsp3) is 0.400. The molecule has 0 aliphatic carbocycles. The summed E-state index contributed by atoms with van der Waals surface area (Å²) in [6.45, 7) is 3.63. The molecule has 2 aliphatic heterocycles. The molecule has 2 heterocycles. The number of esters is 1. The number of halogens is 1. The molecule has 0 N–H and O–H groups in total. The van der Waals surface area contributed by atoms with Crippen LogP contribution in [0.5, 0.6) is 0 Å². The van der Waals surface area contributed by atoms with E-state index in [2.05, 4.69) is 16.8 Å². The fourth-order valence-corrected chi connectivity index (χ4v) is 4.39. The summed E-state index contributed by atoms with van der Waals surface area (Å²) in [7, 11) is 3.50. The quantitative estimate of drug-likeness (QED) is 0.481. The number of anilines is 2. The van der Waals surface area contributed by atoms with Gasteiger partial charge in [0.05, 0.1) is 24.2 Å². The van der Waals surface area contributed by atoms with Gasteiger partial charge in [-0.3, -0.25) is 14.5 Å². The van der Waals surface area contributed by atoms with Gasteiger partial charge < -0.3 is 14.5 Å². The Morgan fingerprint density at radius 3 is 2.48 bits per heavy atom. The van der Waals surface area contributed by atoms with Gasteiger partial charge in [-0.25, -0.2) is 4.99 Å². The zero-order valence-electron chi connectivity index (χ0n) is 19.1. The van der Waals surface area contributed by atoms with Crippen molar-refractivity contribution < 1.29 is 14.3 Å². The summed E-state index contributed by atoms with van der Waals surface area (Å²) in [4.78, 5) is 36.3. The second-order valence-corrected chi connectivity index (χ2v) is 8.82. The Labute approximate surface area is 199 Å². The Bertz CT molecular complexity index is 1060. The smallest absolute Gasteiger partial charge is 0.305 e.